The van der Waals surface area contributed by atoms with Crippen LogP contribution >= 0.6 is 11.3 Å². The Kier molecular flexibility index (Phi) is 4.50. The number of anilines is 1. The smallest absolute Gasteiger partial charge is 0.226 e. The van der Waals surface area contributed by atoms with Gasteiger partial charge in [0.1, 0.15) is 22.8 Å². The molecule has 1 aliphatic heterocycles. The number of nitrogens with one attached hydrogen (secondary N) is 2. The van der Waals surface area contributed by atoms with Gasteiger partial charge >= 0.3 is 0 Å². The predicted octanol–water partition coefficient (Wildman–Crippen LogP) is 3.28. The highest BCUT2D eigenvalue weighted by Gasteiger charge is 2.32. The van der Waals surface area contributed by atoms with E-state index in [4.69, 9.17) is 0 Å². The summed E-state index contributed by atoms with van der Waals surface area (Å²) in [5.41, 5.74) is 2.23. The van der Waals surface area contributed by atoms with E-state index in [9.17, 15) is 4.79 Å². The first-order valence-electron chi connectivity index (χ1n) is 9.95. The third-order valence-electron chi connectivity index (χ3n) is 5.94. The molecule has 0 saturated heterocycles. The van der Waals surface area contributed by atoms with Crippen molar-refractivity contribution < 1.29 is 4.79 Å². The lowest BCUT2D eigenvalue weighted by molar-refractivity contribution is -0.137. The summed E-state index contributed by atoms with van der Waals surface area (Å²) < 4.78 is 0. The van der Waals surface area contributed by atoms with Gasteiger partial charge in [0.25, 0.3) is 0 Å². The number of hydrogen-bond donors (Lipinski definition) is 2. The molecule has 0 spiro atoms. The molecule has 2 N–H and O–H groups in total. The fraction of sp³-hybridized carbons (Fsp3) is 0.500. The van der Waals surface area contributed by atoms with Crippen molar-refractivity contribution in [3.63, 3.8) is 0 Å². The van der Waals surface area contributed by atoms with Crippen LogP contribution < -0.4 is 5.32 Å². The third-order valence-corrected chi connectivity index (χ3v) is 6.76. The maximum Gasteiger partial charge on any atom is 0.226 e. The summed E-state index contributed by atoms with van der Waals surface area (Å²) in [7, 11) is 0. The lowest BCUT2D eigenvalue weighted by Gasteiger charge is -2.34. The molecule has 28 heavy (non-hydrogen) atoms. The second kappa shape index (κ2) is 7.16. The molecule has 4 heterocycles. The van der Waals surface area contributed by atoms with Gasteiger partial charge < -0.3 is 15.2 Å². The highest BCUT2D eigenvalue weighted by atomic mass is 32.1. The number of nitrogens with zero attached hydrogens (tertiary/aromatic N) is 4. The Balaban J connectivity index is 1.19. The molecule has 0 atom stereocenters. The van der Waals surface area contributed by atoms with E-state index in [1.165, 1.54) is 0 Å². The first kappa shape index (κ1) is 17.6. The van der Waals surface area contributed by atoms with Crippen molar-refractivity contribution in [1.82, 2.24) is 24.8 Å². The number of aromatic nitrogens is 4. The Bertz CT molecular complexity index is 1000. The first-order chi connectivity index (χ1) is 13.7. The van der Waals surface area contributed by atoms with Crippen LogP contribution in [0.25, 0.3) is 10.2 Å². The molecule has 0 bridgehead atoms. The van der Waals surface area contributed by atoms with Crippen molar-refractivity contribution >= 4 is 33.3 Å². The summed E-state index contributed by atoms with van der Waals surface area (Å²) in [4.78, 5) is 32.6. The fourth-order valence-electron chi connectivity index (χ4n) is 4.47. The van der Waals surface area contributed by atoms with Crippen LogP contribution in [0, 0.1) is 12.8 Å². The van der Waals surface area contributed by atoms with Crippen LogP contribution in [-0.4, -0.2) is 43.3 Å². The highest BCUT2D eigenvalue weighted by Crippen LogP contribution is 2.31. The summed E-state index contributed by atoms with van der Waals surface area (Å²) >= 11 is 1.63. The lowest BCUT2D eigenvalue weighted by Crippen LogP contribution is -2.42. The zero-order valence-electron chi connectivity index (χ0n) is 15.9. The number of carbonyl (C=O) groups excluding carboxylic acids is 1. The van der Waals surface area contributed by atoms with Gasteiger partial charge in [-0.05, 0) is 44.1 Å². The molecule has 1 fully saturated rings. The van der Waals surface area contributed by atoms with Crippen molar-refractivity contribution in [2.24, 2.45) is 5.92 Å². The number of H-pyrrole nitrogens is 1. The number of rotatable bonds is 3. The van der Waals surface area contributed by atoms with E-state index >= 15 is 0 Å². The van der Waals surface area contributed by atoms with E-state index in [2.05, 4.69) is 31.3 Å². The van der Waals surface area contributed by atoms with Gasteiger partial charge in [-0.15, -0.1) is 11.3 Å². The average Bonchev–Trinajstić information content (AvgIpc) is 3.33. The van der Waals surface area contributed by atoms with E-state index < -0.39 is 0 Å². The summed E-state index contributed by atoms with van der Waals surface area (Å²) in [5, 5.41) is 6.72. The minimum absolute atomic E-state index is 0.134. The number of aromatic amines is 1. The maximum absolute atomic E-state index is 13.0. The molecule has 0 radical (unpaired) electrons. The molecule has 7 nitrogen and oxygen atoms in total. The van der Waals surface area contributed by atoms with Crippen LogP contribution in [-0.2, 0) is 17.8 Å². The zero-order valence-corrected chi connectivity index (χ0v) is 16.8. The minimum Gasteiger partial charge on any atom is -0.367 e. The van der Waals surface area contributed by atoms with Crippen LogP contribution in [0.2, 0.25) is 0 Å². The van der Waals surface area contributed by atoms with Gasteiger partial charge in [-0.25, -0.2) is 15.0 Å². The van der Waals surface area contributed by atoms with Crippen molar-refractivity contribution in [2.75, 3.05) is 11.9 Å². The largest absolute Gasteiger partial charge is 0.367 e. The molecule has 1 saturated carbocycles. The number of fused-ring (bicyclic) bond motifs is 2. The Morgan fingerprint density at radius 1 is 1.29 bits per heavy atom. The summed E-state index contributed by atoms with van der Waals surface area (Å²) in [6, 6.07) is 2.43. The summed E-state index contributed by atoms with van der Waals surface area (Å²) in [6.07, 6.45) is 6.33. The molecule has 5 rings (SSSR count). The number of aryl methyl sites for hydroxylation is 1. The standard InChI is InChI=1S/C20H24N6OS/c1-12-23-16-6-8-26(10-17(16)24-12)20(27)13-2-4-14(5-3-13)25-18-15-7-9-28-19(15)22-11-21-18/h7,9,11,13-14H,2-6,8,10H2,1H3,(H,23,24)(H,21,22,25). The fourth-order valence-corrected chi connectivity index (χ4v) is 5.20. The van der Waals surface area contributed by atoms with Crippen LogP contribution in [0.3, 0.4) is 0 Å². The number of carbonyl (C=O) groups is 1. The quantitative estimate of drug-likeness (QED) is 0.709. The molecule has 3 aromatic rings. The Labute approximate surface area is 167 Å². The molecule has 0 aromatic carbocycles. The Morgan fingerprint density at radius 2 is 2.14 bits per heavy atom. The number of imidazole rings is 1. The van der Waals surface area contributed by atoms with Gasteiger partial charge in [0.15, 0.2) is 0 Å². The van der Waals surface area contributed by atoms with Gasteiger partial charge in [-0.2, -0.15) is 0 Å². The van der Waals surface area contributed by atoms with E-state index in [1.807, 2.05) is 17.2 Å². The number of amides is 1. The van der Waals surface area contributed by atoms with E-state index in [0.717, 1.165) is 71.9 Å². The van der Waals surface area contributed by atoms with Crippen molar-refractivity contribution in [3.05, 3.63) is 35.0 Å². The molecule has 1 aliphatic carbocycles. The van der Waals surface area contributed by atoms with Crippen LogP contribution in [0.5, 0.6) is 0 Å². The minimum atomic E-state index is 0.134. The third kappa shape index (κ3) is 3.26. The van der Waals surface area contributed by atoms with Gasteiger partial charge in [-0.1, -0.05) is 0 Å². The highest BCUT2D eigenvalue weighted by molar-refractivity contribution is 7.16. The van der Waals surface area contributed by atoms with Crippen LogP contribution in [0.4, 0.5) is 5.82 Å². The first-order valence-corrected chi connectivity index (χ1v) is 10.8. The van der Waals surface area contributed by atoms with Gasteiger partial charge in [0, 0.05) is 24.9 Å². The predicted molar refractivity (Wildman–Crippen MR) is 109 cm³/mol. The molecular weight excluding hydrogens is 372 g/mol. The molecule has 1 amide bonds. The topological polar surface area (TPSA) is 86.8 Å². The van der Waals surface area contributed by atoms with Gasteiger partial charge in [0.05, 0.1) is 23.3 Å². The van der Waals surface area contributed by atoms with E-state index in [1.54, 1.807) is 17.7 Å². The monoisotopic (exact) mass is 396 g/mol. The summed E-state index contributed by atoms with van der Waals surface area (Å²) in [6.45, 7) is 3.43. The van der Waals surface area contributed by atoms with Crippen LogP contribution in [0.1, 0.15) is 42.9 Å². The number of thiophene rings is 1. The number of hydrogen-bond acceptors (Lipinski definition) is 6. The second-order valence-electron chi connectivity index (χ2n) is 7.81. The normalized spacial score (nSPS) is 22.2. The molecule has 2 aliphatic rings. The van der Waals surface area contributed by atoms with Gasteiger partial charge in [-0.3, -0.25) is 4.79 Å². The molecule has 0 unspecified atom stereocenters. The Morgan fingerprint density at radius 3 is 3.00 bits per heavy atom. The van der Waals surface area contributed by atoms with Crippen molar-refractivity contribution in [1.29, 1.82) is 0 Å². The zero-order chi connectivity index (χ0) is 19.1. The maximum atomic E-state index is 13.0. The molecular formula is C20H24N6OS. The SMILES string of the molecule is Cc1nc2c([nH]1)CN(C(=O)C1CCC(Nc3ncnc4sccc34)CC1)CC2. The van der Waals surface area contributed by atoms with Crippen LogP contribution in [0.15, 0.2) is 17.8 Å². The summed E-state index contributed by atoms with van der Waals surface area (Å²) in [5.74, 6) is 2.29. The molecule has 3 aromatic heterocycles. The van der Waals surface area contributed by atoms with E-state index in [-0.39, 0.29) is 5.92 Å². The average molecular weight is 397 g/mol. The molecule has 146 valence electrons. The second-order valence-corrected chi connectivity index (χ2v) is 8.71. The van der Waals surface area contributed by atoms with E-state index in [0.29, 0.717) is 18.5 Å². The Hall–Kier alpha value is -2.48. The lowest BCUT2D eigenvalue weighted by atomic mass is 9.85. The van der Waals surface area contributed by atoms with Crippen molar-refractivity contribution in [2.45, 2.75) is 51.6 Å². The molecule has 8 heteroatoms. The van der Waals surface area contributed by atoms with Gasteiger partial charge in [0.2, 0.25) is 5.91 Å². The van der Waals surface area contributed by atoms with Crippen molar-refractivity contribution in [3.8, 4) is 0 Å².